The summed E-state index contributed by atoms with van der Waals surface area (Å²) in [6.07, 6.45) is 1.61. The van der Waals surface area contributed by atoms with E-state index < -0.39 is 12.0 Å². The molecule has 84 valence electrons. The summed E-state index contributed by atoms with van der Waals surface area (Å²) in [7, 11) is 0. The Kier molecular flexibility index (Phi) is 2.72. The van der Waals surface area contributed by atoms with Crippen molar-refractivity contribution in [3.63, 3.8) is 0 Å². The Morgan fingerprint density at radius 3 is 3.06 bits per heavy atom. The first kappa shape index (κ1) is 10.4. The number of aliphatic carboxylic acids is 1. The lowest BCUT2D eigenvalue weighted by atomic mass is 10.2. The average molecular weight is 221 g/mol. The number of urea groups is 1. The van der Waals surface area contributed by atoms with Crippen molar-refractivity contribution in [1.82, 2.24) is 15.2 Å². The Balaban J connectivity index is 2.13. The number of aromatic nitrogens is 1. The van der Waals surface area contributed by atoms with Crippen LogP contribution in [0.2, 0.25) is 0 Å². The number of carbonyl (C=O) groups is 2. The highest BCUT2D eigenvalue weighted by molar-refractivity contribution is 5.86. The van der Waals surface area contributed by atoms with Crippen molar-refractivity contribution in [2.75, 3.05) is 6.54 Å². The molecule has 0 aliphatic carbocycles. The molecule has 1 aliphatic heterocycles. The maximum atomic E-state index is 11.4. The van der Waals surface area contributed by atoms with Gasteiger partial charge in [-0.15, -0.1) is 0 Å². The lowest BCUT2D eigenvalue weighted by molar-refractivity contribution is -0.141. The fourth-order valence-electron chi connectivity index (χ4n) is 1.61. The van der Waals surface area contributed by atoms with Gasteiger partial charge < -0.3 is 15.3 Å². The molecule has 1 atom stereocenters. The van der Waals surface area contributed by atoms with Crippen LogP contribution in [-0.2, 0) is 11.3 Å². The number of hydrogen-bond donors (Lipinski definition) is 2. The molecule has 16 heavy (non-hydrogen) atoms. The quantitative estimate of drug-likeness (QED) is 0.756. The van der Waals surface area contributed by atoms with Gasteiger partial charge in [0, 0.05) is 6.20 Å². The monoisotopic (exact) mass is 221 g/mol. The van der Waals surface area contributed by atoms with Crippen molar-refractivity contribution in [2.45, 2.75) is 12.6 Å². The number of amides is 2. The molecular weight excluding hydrogens is 210 g/mol. The molecule has 6 nitrogen and oxygen atoms in total. The molecule has 6 heteroatoms. The second-order valence-electron chi connectivity index (χ2n) is 3.49. The summed E-state index contributed by atoms with van der Waals surface area (Å²) in [6, 6.07) is 4.14. The molecule has 0 aromatic carbocycles. The van der Waals surface area contributed by atoms with Gasteiger partial charge in [-0.2, -0.15) is 0 Å². The topological polar surface area (TPSA) is 82.5 Å². The zero-order valence-electron chi connectivity index (χ0n) is 8.46. The third-order valence-electron chi connectivity index (χ3n) is 2.43. The Labute approximate surface area is 91.9 Å². The third-order valence-corrected chi connectivity index (χ3v) is 2.43. The zero-order chi connectivity index (χ0) is 11.5. The summed E-state index contributed by atoms with van der Waals surface area (Å²) >= 11 is 0. The fourth-order valence-corrected chi connectivity index (χ4v) is 1.61. The van der Waals surface area contributed by atoms with Gasteiger partial charge in [0.2, 0.25) is 0 Å². The number of carbonyl (C=O) groups excluding carboxylic acids is 1. The molecule has 0 radical (unpaired) electrons. The van der Waals surface area contributed by atoms with E-state index in [4.69, 9.17) is 5.11 Å². The minimum Gasteiger partial charge on any atom is -0.480 e. The van der Waals surface area contributed by atoms with Gasteiger partial charge in [-0.25, -0.2) is 9.59 Å². The van der Waals surface area contributed by atoms with Crippen molar-refractivity contribution in [2.24, 2.45) is 0 Å². The highest BCUT2D eigenvalue weighted by Gasteiger charge is 2.35. The molecule has 1 fully saturated rings. The van der Waals surface area contributed by atoms with Gasteiger partial charge in [0.25, 0.3) is 0 Å². The van der Waals surface area contributed by atoms with Gasteiger partial charge in [0.15, 0.2) is 0 Å². The summed E-state index contributed by atoms with van der Waals surface area (Å²) in [4.78, 5) is 27.6. The van der Waals surface area contributed by atoms with Crippen LogP contribution in [-0.4, -0.2) is 39.6 Å². The van der Waals surface area contributed by atoms with E-state index in [2.05, 4.69) is 10.3 Å². The standard InChI is InChI=1S/C10H11N3O3/c14-9(15)8-5-12-10(16)13(8)6-7-3-1-2-4-11-7/h1-4,8H,5-6H2,(H,12,16)(H,14,15). The maximum absolute atomic E-state index is 11.4. The smallest absolute Gasteiger partial charge is 0.328 e. The minimum atomic E-state index is -1.01. The SMILES string of the molecule is O=C(O)C1CNC(=O)N1Cc1ccccn1. The number of hydrogen-bond acceptors (Lipinski definition) is 3. The summed E-state index contributed by atoms with van der Waals surface area (Å²) < 4.78 is 0. The van der Waals surface area contributed by atoms with Gasteiger partial charge >= 0.3 is 12.0 Å². The van der Waals surface area contributed by atoms with E-state index in [0.29, 0.717) is 5.69 Å². The fraction of sp³-hybridized carbons (Fsp3) is 0.300. The van der Waals surface area contributed by atoms with Crippen LogP contribution in [0.1, 0.15) is 5.69 Å². The number of carboxylic acids is 1. The van der Waals surface area contributed by atoms with Gasteiger partial charge in [-0.3, -0.25) is 4.98 Å². The molecule has 1 aromatic heterocycles. The van der Waals surface area contributed by atoms with Crippen LogP contribution in [0.4, 0.5) is 4.79 Å². The van der Waals surface area contributed by atoms with Crippen molar-refractivity contribution >= 4 is 12.0 Å². The summed E-state index contributed by atoms with van der Waals surface area (Å²) in [6.45, 7) is 0.352. The number of rotatable bonds is 3. The van der Waals surface area contributed by atoms with E-state index >= 15 is 0 Å². The van der Waals surface area contributed by atoms with Gasteiger partial charge in [0.05, 0.1) is 18.8 Å². The van der Waals surface area contributed by atoms with Gasteiger partial charge in [-0.05, 0) is 12.1 Å². The summed E-state index contributed by atoms with van der Waals surface area (Å²) in [5.74, 6) is -1.01. The second-order valence-corrected chi connectivity index (χ2v) is 3.49. The molecule has 1 aliphatic rings. The molecule has 0 bridgehead atoms. The van der Waals surface area contributed by atoms with E-state index in [-0.39, 0.29) is 19.1 Å². The van der Waals surface area contributed by atoms with Crippen LogP contribution in [0.25, 0.3) is 0 Å². The highest BCUT2D eigenvalue weighted by atomic mass is 16.4. The third kappa shape index (κ3) is 1.95. The Morgan fingerprint density at radius 2 is 2.44 bits per heavy atom. The summed E-state index contributed by atoms with van der Waals surface area (Å²) in [5.41, 5.74) is 0.672. The maximum Gasteiger partial charge on any atom is 0.328 e. The number of pyridine rings is 1. The number of nitrogens with one attached hydrogen (secondary N) is 1. The molecular formula is C10H11N3O3. The van der Waals surface area contributed by atoms with E-state index in [1.165, 1.54) is 4.90 Å². The largest absolute Gasteiger partial charge is 0.480 e. The minimum absolute atomic E-state index is 0.140. The van der Waals surface area contributed by atoms with Crippen LogP contribution in [0, 0.1) is 0 Å². The lowest BCUT2D eigenvalue weighted by Gasteiger charge is -2.18. The Morgan fingerprint density at radius 1 is 1.62 bits per heavy atom. The van der Waals surface area contributed by atoms with Crippen molar-refractivity contribution in [3.05, 3.63) is 30.1 Å². The molecule has 0 saturated carbocycles. The number of carboxylic acid groups (broad SMARTS) is 1. The van der Waals surface area contributed by atoms with Crippen LogP contribution >= 0.6 is 0 Å². The Hall–Kier alpha value is -2.11. The molecule has 2 amide bonds. The van der Waals surface area contributed by atoms with E-state index in [0.717, 1.165) is 0 Å². The van der Waals surface area contributed by atoms with Crippen LogP contribution in [0.5, 0.6) is 0 Å². The van der Waals surface area contributed by atoms with Gasteiger partial charge in [0.1, 0.15) is 6.04 Å². The van der Waals surface area contributed by atoms with Crippen molar-refractivity contribution in [3.8, 4) is 0 Å². The second kappa shape index (κ2) is 4.18. The van der Waals surface area contributed by atoms with Crippen LogP contribution in [0.15, 0.2) is 24.4 Å². The molecule has 2 rings (SSSR count). The first-order valence-corrected chi connectivity index (χ1v) is 4.85. The molecule has 0 spiro atoms. The van der Waals surface area contributed by atoms with Gasteiger partial charge in [-0.1, -0.05) is 6.07 Å². The molecule has 1 aromatic rings. The lowest BCUT2D eigenvalue weighted by Crippen LogP contribution is -2.39. The zero-order valence-corrected chi connectivity index (χ0v) is 8.46. The molecule has 2 N–H and O–H groups in total. The van der Waals surface area contributed by atoms with Crippen LogP contribution in [0.3, 0.4) is 0 Å². The summed E-state index contributed by atoms with van der Waals surface area (Å²) in [5, 5.41) is 11.4. The Bertz CT molecular complexity index is 407. The molecule has 1 unspecified atom stereocenters. The average Bonchev–Trinajstić information content (AvgIpc) is 2.62. The molecule has 2 heterocycles. The molecule has 1 saturated heterocycles. The first-order chi connectivity index (χ1) is 7.68. The number of nitrogens with zero attached hydrogens (tertiary/aromatic N) is 2. The first-order valence-electron chi connectivity index (χ1n) is 4.85. The van der Waals surface area contributed by atoms with E-state index in [1.807, 2.05) is 0 Å². The van der Waals surface area contributed by atoms with Crippen LogP contribution < -0.4 is 5.32 Å². The van der Waals surface area contributed by atoms with E-state index in [9.17, 15) is 9.59 Å². The predicted molar refractivity (Wildman–Crippen MR) is 54.6 cm³/mol. The van der Waals surface area contributed by atoms with Crippen molar-refractivity contribution in [1.29, 1.82) is 0 Å². The normalized spacial score (nSPS) is 19.6. The van der Waals surface area contributed by atoms with Crippen molar-refractivity contribution < 1.29 is 14.7 Å². The highest BCUT2D eigenvalue weighted by Crippen LogP contribution is 2.11. The predicted octanol–water partition coefficient (Wildman–Crippen LogP) is 0.0600. The van der Waals surface area contributed by atoms with E-state index in [1.54, 1.807) is 24.4 Å².